The normalized spacial score (nSPS) is 12.1. The van der Waals surface area contributed by atoms with Crippen LogP contribution in [-0.4, -0.2) is 40.1 Å². The third-order valence-corrected chi connectivity index (χ3v) is 2.75. The molecule has 1 unspecified atom stereocenters. The summed E-state index contributed by atoms with van der Waals surface area (Å²) >= 11 is 0. The van der Waals surface area contributed by atoms with E-state index in [4.69, 9.17) is 14.0 Å². The number of nitrogens with zero attached hydrogens (tertiary/aromatic N) is 2. The number of aliphatic carboxylic acids is 1. The van der Waals surface area contributed by atoms with Crippen molar-refractivity contribution in [3.8, 4) is 11.5 Å². The fourth-order valence-corrected chi connectivity index (χ4v) is 1.43. The molecule has 0 saturated heterocycles. The number of carbonyl (C=O) groups is 2. The zero-order valence-electron chi connectivity index (χ0n) is 10.4. The molecule has 0 aliphatic carbocycles. The van der Waals surface area contributed by atoms with Gasteiger partial charge in [0.2, 0.25) is 5.76 Å². The van der Waals surface area contributed by atoms with Crippen LogP contribution in [0.15, 0.2) is 33.4 Å². The molecule has 7 nitrogen and oxygen atoms in total. The Balaban J connectivity index is 2.19. The number of likely N-dealkylation sites (N-methyl/N-ethyl adjacent to an activating group) is 1. The van der Waals surface area contributed by atoms with Crippen molar-refractivity contribution < 1.29 is 23.6 Å². The Bertz CT molecular complexity index is 587. The van der Waals surface area contributed by atoms with Crippen LogP contribution < -0.4 is 0 Å². The Morgan fingerprint density at radius 2 is 2.16 bits per heavy atom. The molecule has 0 fully saturated rings. The van der Waals surface area contributed by atoms with Crippen LogP contribution in [0.25, 0.3) is 11.5 Å². The molecule has 0 aliphatic heterocycles. The predicted octanol–water partition coefficient (Wildman–Crippen LogP) is 1.48. The molecular formula is C12H12N2O5. The summed E-state index contributed by atoms with van der Waals surface area (Å²) in [6, 6.07) is 3.80. The smallest absolute Gasteiger partial charge is 0.326 e. The SMILES string of the molecule is CC(C(=O)O)N(C)C(=O)c1cc(-c2ccco2)on1. The second kappa shape index (κ2) is 4.97. The molecule has 0 bridgehead atoms. The highest BCUT2D eigenvalue weighted by molar-refractivity contribution is 5.95. The average Bonchev–Trinajstić information content (AvgIpc) is 3.05. The molecule has 7 heteroatoms. The van der Waals surface area contributed by atoms with E-state index in [9.17, 15) is 9.59 Å². The summed E-state index contributed by atoms with van der Waals surface area (Å²) in [5, 5.41) is 12.5. The molecule has 2 heterocycles. The van der Waals surface area contributed by atoms with E-state index in [1.54, 1.807) is 12.1 Å². The number of aromatic nitrogens is 1. The standard InChI is InChI=1S/C12H12N2O5/c1-7(12(16)17)14(2)11(15)8-6-10(19-13-8)9-4-3-5-18-9/h3-7H,1-2H3,(H,16,17). The van der Waals surface area contributed by atoms with Crippen LogP contribution in [0.2, 0.25) is 0 Å². The minimum absolute atomic E-state index is 0.0296. The van der Waals surface area contributed by atoms with Gasteiger partial charge in [-0.3, -0.25) is 4.79 Å². The molecule has 19 heavy (non-hydrogen) atoms. The van der Waals surface area contributed by atoms with E-state index in [0.29, 0.717) is 11.5 Å². The molecule has 2 aromatic rings. The van der Waals surface area contributed by atoms with E-state index in [-0.39, 0.29) is 5.69 Å². The largest absolute Gasteiger partial charge is 0.480 e. The van der Waals surface area contributed by atoms with Crippen molar-refractivity contribution in [1.82, 2.24) is 10.1 Å². The molecule has 2 rings (SSSR count). The maximum atomic E-state index is 12.0. The Morgan fingerprint density at radius 1 is 1.42 bits per heavy atom. The van der Waals surface area contributed by atoms with E-state index in [1.807, 2.05) is 0 Å². The van der Waals surface area contributed by atoms with Crippen LogP contribution in [0.3, 0.4) is 0 Å². The molecule has 0 aliphatic rings. The number of carboxylic acid groups (broad SMARTS) is 1. The zero-order valence-corrected chi connectivity index (χ0v) is 10.4. The maximum Gasteiger partial charge on any atom is 0.326 e. The van der Waals surface area contributed by atoms with Crippen LogP contribution >= 0.6 is 0 Å². The maximum absolute atomic E-state index is 12.0. The summed E-state index contributed by atoms with van der Waals surface area (Å²) in [7, 11) is 1.39. The molecule has 2 aromatic heterocycles. The third-order valence-electron chi connectivity index (χ3n) is 2.75. The van der Waals surface area contributed by atoms with Crippen LogP contribution in [-0.2, 0) is 4.79 Å². The van der Waals surface area contributed by atoms with Crippen molar-refractivity contribution in [3.05, 3.63) is 30.2 Å². The highest BCUT2D eigenvalue weighted by atomic mass is 16.5. The lowest BCUT2D eigenvalue weighted by Gasteiger charge is -2.19. The first-order chi connectivity index (χ1) is 9.00. The first-order valence-electron chi connectivity index (χ1n) is 5.51. The quantitative estimate of drug-likeness (QED) is 0.898. The summed E-state index contributed by atoms with van der Waals surface area (Å²) < 4.78 is 10.1. The van der Waals surface area contributed by atoms with Crippen LogP contribution in [0.1, 0.15) is 17.4 Å². The van der Waals surface area contributed by atoms with Gasteiger partial charge in [0.25, 0.3) is 5.91 Å². The van der Waals surface area contributed by atoms with Crippen molar-refractivity contribution in [2.45, 2.75) is 13.0 Å². The monoisotopic (exact) mass is 264 g/mol. The molecule has 1 N–H and O–H groups in total. The average molecular weight is 264 g/mol. The summed E-state index contributed by atoms with van der Waals surface area (Å²) in [5.41, 5.74) is 0.0296. The highest BCUT2D eigenvalue weighted by Crippen LogP contribution is 2.21. The zero-order chi connectivity index (χ0) is 14.0. The number of furan rings is 1. The molecule has 100 valence electrons. The molecule has 0 saturated carbocycles. The van der Waals surface area contributed by atoms with Gasteiger partial charge in [-0.25, -0.2) is 4.79 Å². The van der Waals surface area contributed by atoms with Gasteiger partial charge in [-0.2, -0.15) is 0 Å². The first kappa shape index (κ1) is 12.9. The van der Waals surface area contributed by atoms with Crippen LogP contribution in [0.4, 0.5) is 0 Å². The molecule has 1 amide bonds. The molecule has 1 atom stereocenters. The van der Waals surface area contributed by atoms with Crippen LogP contribution in [0.5, 0.6) is 0 Å². The number of carbonyl (C=O) groups excluding carboxylic acids is 1. The summed E-state index contributed by atoms with van der Waals surface area (Å²) in [6.45, 7) is 1.41. The van der Waals surface area contributed by atoms with Crippen molar-refractivity contribution in [2.24, 2.45) is 0 Å². The summed E-state index contributed by atoms with van der Waals surface area (Å²) in [6.07, 6.45) is 1.47. The lowest BCUT2D eigenvalue weighted by Crippen LogP contribution is -2.40. The number of amides is 1. The Hall–Kier alpha value is -2.57. The van der Waals surface area contributed by atoms with E-state index in [1.165, 1.54) is 26.3 Å². The van der Waals surface area contributed by atoms with Gasteiger partial charge < -0.3 is 18.9 Å². The fourth-order valence-electron chi connectivity index (χ4n) is 1.43. The van der Waals surface area contributed by atoms with Gasteiger partial charge in [0, 0.05) is 13.1 Å². The van der Waals surface area contributed by atoms with Gasteiger partial charge in [-0.15, -0.1) is 0 Å². The third kappa shape index (κ3) is 2.49. The molecule has 0 aromatic carbocycles. The van der Waals surface area contributed by atoms with Crippen molar-refractivity contribution in [1.29, 1.82) is 0 Å². The number of carboxylic acids is 1. The molecule has 0 spiro atoms. The predicted molar refractivity (Wildman–Crippen MR) is 63.4 cm³/mol. The Labute approximate surface area is 108 Å². The van der Waals surface area contributed by atoms with Crippen molar-refractivity contribution in [3.63, 3.8) is 0 Å². The Morgan fingerprint density at radius 3 is 2.74 bits per heavy atom. The highest BCUT2D eigenvalue weighted by Gasteiger charge is 2.25. The second-order valence-corrected chi connectivity index (χ2v) is 3.98. The van der Waals surface area contributed by atoms with E-state index < -0.39 is 17.9 Å². The van der Waals surface area contributed by atoms with Gasteiger partial charge in [0.1, 0.15) is 6.04 Å². The lowest BCUT2D eigenvalue weighted by molar-refractivity contribution is -0.141. The van der Waals surface area contributed by atoms with E-state index >= 15 is 0 Å². The van der Waals surface area contributed by atoms with E-state index in [0.717, 1.165) is 4.90 Å². The van der Waals surface area contributed by atoms with Gasteiger partial charge in [0.05, 0.1) is 6.26 Å². The van der Waals surface area contributed by atoms with Gasteiger partial charge in [-0.1, -0.05) is 5.16 Å². The minimum Gasteiger partial charge on any atom is -0.480 e. The van der Waals surface area contributed by atoms with Crippen LogP contribution in [0, 0.1) is 0 Å². The van der Waals surface area contributed by atoms with Gasteiger partial charge in [-0.05, 0) is 19.1 Å². The number of hydrogen-bond acceptors (Lipinski definition) is 5. The second-order valence-electron chi connectivity index (χ2n) is 3.98. The lowest BCUT2D eigenvalue weighted by atomic mass is 10.2. The van der Waals surface area contributed by atoms with Crippen molar-refractivity contribution >= 4 is 11.9 Å². The fraction of sp³-hybridized carbons (Fsp3) is 0.250. The number of rotatable bonds is 4. The van der Waals surface area contributed by atoms with E-state index in [2.05, 4.69) is 5.16 Å². The molecule has 0 radical (unpaired) electrons. The van der Waals surface area contributed by atoms with Gasteiger partial charge >= 0.3 is 5.97 Å². The number of hydrogen-bond donors (Lipinski definition) is 1. The summed E-state index contributed by atoms with van der Waals surface area (Å²) in [4.78, 5) is 23.9. The van der Waals surface area contributed by atoms with Gasteiger partial charge in [0.15, 0.2) is 11.5 Å². The minimum atomic E-state index is -1.09. The molecular weight excluding hydrogens is 252 g/mol. The first-order valence-corrected chi connectivity index (χ1v) is 5.51. The van der Waals surface area contributed by atoms with Crippen molar-refractivity contribution in [2.75, 3.05) is 7.05 Å². The topological polar surface area (TPSA) is 96.8 Å². The Kier molecular flexibility index (Phi) is 3.37. The summed E-state index contributed by atoms with van der Waals surface area (Å²) in [5.74, 6) is -0.868.